The summed E-state index contributed by atoms with van der Waals surface area (Å²) in [4.78, 5) is 2.49. The SMILES string of the molecule is c1ccc(-c2ccc(-c3cccc4ccccc34)cc2N(c2cccc(-c3cccc4c3oc3ccccc34)c2)c2ccc3c(c2)C(c2ccccc2)(c2ccccc2)c2ccccc2-3)cc1. The molecule has 0 radical (unpaired) electrons. The van der Waals surface area contributed by atoms with E-state index in [0.29, 0.717) is 0 Å². The van der Waals surface area contributed by atoms with Crippen molar-refractivity contribution in [1.82, 2.24) is 0 Å². The van der Waals surface area contributed by atoms with Crippen molar-refractivity contribution >= 4 is 49.8 Å². The molecule has 0 fully saturated rings. The van der Waals surface area contributed by atoms with Crippen LogP contribution in [-0.2, 0) is 5.41 Å². The lowest BCUT2D eigenvalue weighted by atomic mass is 9.67. The lowest BCUT2D eigenvalue weighted by molar-refractivity contribution is 0.670. The van der Waals surface area contributed by atoms with Crippen molar-refractivity contribution in [2.75, 3.05) is 4.90 Å². The van der Waals surface area contributed by atoms with E-state index in [1.807, 2.05) is 6.07 Å². The molecule has 1 heterocycles. The van der Waals surface area contributed by atoms with Crippen LogP contribution >= 0.6 is 0 Å². The first-order valence-corrected chi connectivity index (χ1v) is 23.1. The fourth-order valence-electron chi connectivity index (χ4n) is 11.0. The Bertz CT molecular complexity index is 3770. The predicted molar refractivity (Wildman–Crippen MR) is 280 cm³/mol. The number of para-hydroxylation sites is 2. The molecule has 1 aliphatic rings. The van der Waals surface area contributed by atoms with Gasteiger partial charge in [0.1, 0.15) is 11.2 Å². The number of hydrogen-bond donors (Lipinski definition) is 0. The Morgan fingerprint density at radius 1 is 0.313 bits per heavy atom. The van der Waals surface area contributed by atoms with Gasteiger partial charge in [0.05, 0.1) is 11.1 Å². The fraction of sp³-hybridized carbons (Fsp3) is 0.0154. The van der Waals surface area contributed by atoms with Crippen molar-refractivity contribution in [1.29, 1.82) is 0 Å². The summed E-state index contributed by atoms with van der Waals surface area (Å²) in [6.07, 6.45) is 0. The number of furan rings is 1. The largest absolute Gasteiger partial charge is 0.455 e. The minimum absolute atomic E-state index is 0.567. The highest BCUT2D eigenvalue weighted by molar-refractivity contribution is 6.10. The monoisotopic (exact) mass is 853 g/mol. The Morgan fingerprint density at radius 3 is 1.69 bits per heavy atom. The summed E-state index contributed by atoms with van der Waals surface area (Å²) in [6.45, 7) is 0. The highest BCUT2D eigenvalue weighted by atomic mass is 16.3. The van der Waals surface area contributed by atoms with Crippen molar-refractivity contribution in [2.45, 2.75) is 5.41 Å². The lowest BCUT2D eigenvalue weighted by Crippen LogP contribution is -2.28. The Morgan fingerprint density at radius 2 is 0.866 bits per heavy atom. The molecule has 67 heavy (non-hydrogen) atoms. The van der Waals surface area contributed by atoms with E-state index in [9.17, 15) is 0 Å². The van der Waals surface area contributed by atoms with E-state index in [0.717, 1.165) is 66.8 Å². The molecule has 0 atom stereocenters. The Hall–Kier alpha value is -8.72. The van der Waals surface area contributed by atoms with E-state index in [-0.39, 0.29) is 0 Å². The van der Waals surface area contributed by atoms with Crippen molar-refractivity contribution in [3.63, 3.8) is 0 Å². The molecule has 13 rings (SSSR count). The third-order valence-electron chi connectivity index (χ3n) is 13.9. The number of anilines is 3. The van der Waals surface area contributed by atoms with Crippen LogP contribution in [0.5, 0.6) is 0 Å². The van der Waals surface area contributed by atoms with E-state index < -0.39 is 5.41 Å². The molecular formula is C65H43NO. The van der Waals surface area contributed by atoms with E-state index in [1.165, 1.54) is 49.7 Å². The Kier molecular flexibility index (Phi) is 9.11. The summed E-state index contributed by atoms with van der Waals surface area (Å²) in [5.41, 5.74) is 18.7. The minimum Gasteiger partial charge on any atom is -0.455 e. The Balaban J connectivity index is 1.11. The van der Waals surface area contributed by atoms with E-state index >= 15 is 0 Å². The second-order valence-electron chi connectivity index (χ2n) is 17.5. The smallest absolute Gasteiger partial charge is 0.143 e. The number of hydrogen-bond acceptors (Lipinski definition) is 2. The van der Waals surface area contributed by atoms with Crippen LogP contribution in [0.25, 0.3) is 77.2 Å². The summed E-state index contributed by atoms with van der Waals surface area (Å²) in [5.74, 6) is 0. The molecule has 11 aromatic carbocycles. The number of benzene rings is 11. The van der Waals surface area contributed by atoms with Gasteiger partial charge in [0.15, 0.2) is 0 Å². The molecule has 1 aromatic heterocycles. The van der Waals surface area contributed by atoms with Gasteiger partial charge >= 0.3 is 0 Å². The molecule has 0 bridgehead atoms. The third kappa shape index (κ3) is 6.18. The maximum absolute atomic E-state index is 6.66. The Labute approximate surface area is 390 Å². The maximum Gasteiger partial charge on any atom is 0.143 e. The van der Waals surface area contributed by atoms with Crippen molar-refractivity contribution < 1.29 is 4.42 Å². The van der Waals surface area contributed by atoms with Crippen LogP contribution in [0.3, 0.4) is 0 Å². The van der Waals surface area contributed by atoms with Crippen LogP contribution in [0.15, 0.2) is 265 Å². The molecule has 0 unspecified atom stereocenters. The highest BCUT2D eigenvalue weighted by Gasteiger charge is 2.46. The first-order chi connectivity index (χ1) is 33.2. The van der Waals surface area contributed by atoms with Crippen molar-refractivity contribution in [2.24, 2.45) is 0 Å². The molecule has 1 aliphatic carbocycles. The third-order valence-corrected chi connectivity index (χ3v) is 13.9. The van der Waals surface area contributed by atoms with Gasteiger partial charge in [-0.15, -0.1) is 0 Å². The molecule has 2 heteroatoms. The van der Waals surface area contributed by atoms with Gasteiger partial charge in [-0.2, -0.15) is 0 Å². The highest BCUT2D eigenvalue weighted by Crippen LogP contribution is 2.58. The normalized spacial score (nSPS) is 12.6. The molecular weight excluding hydrogens is 811 g/mol. The summed E-state index contributed by atoms with van der Waals surface area (Å²) in [5, 5.41) is 4.67. The van der Waals surface area contributed by atoms with Gasteiger partial charge < -0.3 is 9.32 Å². The van der Waals surface area contributed by atoms with Crippen molar-refractivity contribution in [3.8, 4) is 44.5 Å². The summed E-state index contributed by atoms with van der Waals surface area (Å²) < 4.78 is 6.66. The van der Waals surface area contributed by atoms with Gasteiger partial charge in [0.2, 0.25) is 0 Å². The molecule has 0 saturated heterocycles. The summed E-state index contributed by atoms with van der Waals surface area (Å²) >= 11 is 0. The summed E-state index contributed by atoms with van der Waals surface area (Å²) in [6, 6.07) is 95.3. The second-order valence-corrected chi connectivity index (χ2v) is 17.5. The van der Waals surface area contributed by atoms with E-state index in [1.54, 1.807) is 0 Å². The quantitative estimate of drug-likeness (QED) is 0.151. The van der Waals surface area contributed by atoms with Gasteiger partial charge in [0, 0.05) is 33.3 Å². The zero-order chi connectivity index (χ0) is 44.3. The second kappa shape index (κ2) is 15.8. The lowest BCUT2D eigenvalue weighted by Gasteiger charge is -2.35. The molecule has 0 aliphatic heterocycles. The number of nitrogens with zero attached hydrogens (tertiary/aromatic N) is 1. The van der Waals surface area contributed by atoms with Gasteiger partial charge in [-0.1, -0.05) is 224 Å². The average molecular weight is 854 g/mol. The molecule has 0 spiro atoms. The van der Waals surface area contributed by atoms with Crippen LogP contribution in [0.2, 0.25) is 0 Å². The van der Waals surface area contributed by atoms with Gasteiger partial charge in [-0.05, 0) is 103 Å². The molecule has 0 amide bonds. The minimum atomic E-state index is -0.567. The van der Waals surface area contributed by atoms with Crippen LogP contribution in [0, 0.1) is 0 Å². The van der Waals surface area contributed by atoms with Gasteiger partial charge in [0.25, 0.3) is 0 Å². The first-order valence-electron chi connectivity index (χ1n) is 23.1. The molecule has 314 valence electrons. The molecule has 12 aromatic rings. The fourth-order valence-corrected chi connectivity index (χ4v) is 11.0. The topological polar surface area (TPSA) is 16.4 Å². The number of rotatable bonds is 8. The summed E-state index contributed by atoms with van der Waals surface area (Å²) in [7, 11) is 0. The van der Waals surface area contributed by atoms with Crippen LogP contribution in [-0.4, -0.2) is 0 Å². The van der Waals surface area contributed by atoms with Crippen LogP contribution in [0.1, 0.15) is 22.3 Å². The zero-order valence-corrected chi connectivity index (χ0v) is 36.7. The standard InChI is InChI=1S/C65H43NO/c1-4-19-45(20-5-1)54-39-37-47(53-32-17-22-44-21-10-11-29-52(44)53)42-62(54)66(50-28-16-23-46(41-50)55-33-18-34-59-58-31-13-15-36-63(58)67-64(55)59)51-38-40-57-56-30-12-14-35-60(56)65(61(57)43-51,48-24-6-2-7-25-48)49-26-8-3-9-27-49/h1-43H. The van der Waals surface area contributed by atoms with Crippen LogP contribution < -0.4 is 4.90 Å². The molecule has 0 N–H and O–H groups in total. The molecule has 2 nitrogen and oxygen atoms in total. The zero-order valence-electron chi connectivity index (χ0n) is 36.7. The van der Waals surface area contributed by atoms with Gasteiger partial charge in [-0.25, -0.2) is 0 Å². The molecule has 0 saturated carbocycles. The van der Waals surface area contributed by atoms with Gasteiger partial charge in [-0.3, -0.25) is 0 Å². The van der Waals surface area contributed by atoms with E-state index in [2.05, 4.69) is 260 Å². The maximum atomic E-state index is 6.66. The average Bonchev–Trinajstić information content (AvgIpc) is 3.93. The first kappa shape index (κ1) is 38.7. The number of fused-ring (bicyclic) bond motifs is 7. The van der Waals surface area contributed by atoms with E-state index in [4.69, 9.17) is 4.42 Å². The predicted octanol–water partition coefficient (Wildman–Crippen LogP) is 17.6. The van der Waals surface area contributed by atoms with Crippen molar-refractivity contribution in [3.05, 3.63) is 283 Å². The van der Waals surface area contributed by atoms with Crippen LogP contribution in [0.4, 0.5) is 17.1 Å².